The van der Waals surface area contributed by atoms with Crippen LogP contribution in [0.15, 0.2) is 52.3 Å². The van der Waals surface area contributed by atoms with Crippen LogP contribution in [0.5, 0.6) is 5.75 Å². The number of carbonyl (C=O) groups is 3. The van der Waals surface area contributed by atoms with Crippen LogP contribution >= 0.6 is 35.6 Å². The predicted octanol–water partition coefficient (Wildman–Crippen LogP) is 3.07. The molecule has 1 aliphatic rings. The molecule has 3 rings (SSSR count). The van der Waals surface area contributed by atoms with Crippen LogP contribution in [0.3, 0.4) is 0 Å². The Morgan fingerprint density at radius 2 is 1.92 bits per heavy atom. The van der Waals surface area contributed by atoms with Gasteiger partial charge in [-0.3, -0.25) is 19.3 Å². The Balaban J connectivity index is 1.68. The van der Waals surface area contributed by atoms with Crippen LogP contribution in [0.2, 0.25) is 5.02 Å². The third kappa shape index (κ3) is 7.51. The highest BCUT2D eigenvalue weighted by Crippen LogP contribution is 2.35. The molecule has 4 N–H and O–H groups in total. The van der Waals surface area contributed by atoms with Crippen LogP contribution in [-0.4, -0.2) is 53.7 Å². The Morgan fingerprint density at radius 3 is 2.56 bits per heavy atom. The minimum atomic E-state index is -3.85. The van der Waals surface area contributed by atoms with Crippen LogP contribution in [-0.2, 0) is 24.4 Å². The SMILES string of the molecule is NS(=O)(=O)c1ccc(NC(=O)COc2ccc(Cl)cc2/C=C2\SC(=S)N(CCCC(=O)O)C2=O)cc1. The largest absolute Gasteiger partial charge is 0.483 e. The van der Waals surface area contributed by atoms with Crippen molar-refractivity contribution < 1.29 is 32.6 Å². The topological polar surface area (TPSA) is 156 Å². The summed E-state index contributed by atoms with van der Waals surface area (Å²) in [7, 11) is -3.85. The monoisotopic (exact) mass is 569 g/mol. The molecule has 0 bridgehead atoms. The van der Waals surface area contributed by atoms with Crippen molar-refractivity contribution in [2.24, 2.45) is 5.14 Å². The lowest BCUT2D eigenvalue weighted by atomic mass is 10.2. The Hall–Kier alpha value is -2.97. The zero-order valence-electron chi connectivity index (χ0n) is 18.5. The molecule has 2 aromatic carbocycles. The maximum atomic E-state index is 12.8. The number of hydrogen-bond acceptors (Lipinski definition) is 8. The van der Waals surface area contributed by atoms with E-state index in [1.807, 2.05) is 0 Å². The average molecular weight is 570 g/mol. The number of thiocarbonyl (C=S) groups is 1. The first-order chi connectivity index (χ1) is 16.9. The molecule has 190 valence electrons. The Morgan fingerprint density at radius 1 is 1.22 bits per heavy atom. The van der Waals surface area contributed by atoms with Crippen LogP contribution in [0.25, 0.3) is 6.08 Å². The number of anilines is 1. The van der Waals surface area contributed by atoms with E-state index in [1.54, 1.807) is 24.3 Å². The zero-order chi connectivity index (χ0) is 26.5. The van der Waals surface area contributed by atoms with Crippen LogP contribution < -0.4 is 15.2 Å². The van der Waals surface area contributed by atoms with Crippen molar-refractivity contribution in [2.45, 2.75) is 17.7 Å². The van der Waals surface area contributed by atoms with Gasteiger partial charge in [-0.25, -0.2) is 13.6 Å². The van der Waals surface area contributed by atoms with E-state index in [4.69, 9.17) is 38.8 Å². The molecule has 0 atom stereocenters. The first-order valence-corrected chi connectivity index (χ1v) is 13.4. The Kier molecular flexibility index (Phi) is 9.08. The third-order valence-corrected chi connectivity index (χ3v) is 7.27. The second-order valence-electron chi connectivity index (χ2n) is 7.42. The fourth-order valence-corrected chi connectivity index (χ4v) is 5.05. The second kappa shape index (κ2) is 11.8. The standard InChI is InChI=1S/C22H20ClN3O7S3/c23-14-3-8-17(33-12-19(27)25-15-4-6-16(7-5-15)36(24,31)32)13(10-14)11-18-21(30)26(22(34)35-18)9-1-2-20(28)29/h3-8,10-11H,1-2,9,12H2,(H,25,27)(H,28,29)(H2,24,31,32)/b18-11-. The molecule has 0 aliphatic carbocycles. The van der Waals surface area contributed by atoms with Crippen molar-refractivity contribution in [1.29, 1.82) is 0 Å². The van der Waals surface area contributed by atoms with Crippen molar-refractivity contribution >= 4 is 79.5 Å². The van der Waals surface area contributed by atoms with E-state index in [0.29, 0.717) is 25.5 Å². The summed E-state index contributed by atoms with van der Waals surface area (Å²) < 4.78 is 28.6. The van der Waals surface area contributed by atoms with Gasteiger partial charge in [-0.15, -0.1) is 0 Å². The summed E-state index contributed by atoms with van der Waals surface area (Å²) in [6.45, 7) is -0.193. The molecule has 1 fully saturated rings. The normalized spacial score (nSPS) is 14.8. The number of nitrogens with one attached hydrogen (secondary N) is 1. The van der Waals surface area contributed by atoms with Gasteiger partial charge < -0.3 is 15.2 Å². The van der Waals surface area contributed by atoms with Crippen LogP contribution in [0.1, 0.15) is 18.4 Å². The first-order valence-electron chi connectivity index (χ1n) is 10.3. The number of aliphatic carboxylic acids is 1. The number of carboxylic acid groups (broad SMARTS) is 1. The highest BCUT2D eigenvalue weighted by atomic mass is 35.5. The van der Waals surface area contributed by atoms with Gasteiger partial charge in [-0.05, 0) is 55.0 Å². The lowest BCUT2D eigenvalue weighted by Gasteiger charge is -2.13. The van der Waals surface area contributed by atoms with Crippen LogP contribution in [0, 0.1) is 0 Å². The third-order valence-electron chi connectivity index (χ3n) is 4.73. The number of carbonyl (C=O) groups excluding carboxylic acids is 2. The van der Waals surface area contributed by atoms with Gasteiger partial charge in [0.25, 0.3) is 11.8 Å². The number of nitrogens with zero attached hydrogens (tertiary/aromatic N) is 1. The quantitative estimate of drug-likeness (QED) is 0.289. The number of ether oxygens (including phenoxy) is 1. The number of sulfonamides is 1. The van der Waals surface area contributed by atoms with Crippen molar-refractivity contribution in [1.82, 2.24) is 4.90 Å². The van der Waals surface area contributed by atoms with E-state index in [0.717, 1.165) is 11.8 Å². The smallest absolute Gasteiger partial charge is 0.303 e. The number of primary sulfonamides is 1. The number of amides is 2. The number of rotatable bonds is 10. The molecule has 2 amide bonds. The van der Waals surface area contributed by atoms with E-state index >= 15 is 0 Å². The minimum absolute atomic E-state index is 0.0826. The van der Waals surface area contributed by atoms with E-state index < -0.39 is 21.9 Å². The number of carboxylic acids is 1. The van der Waals surface area contributed by atoms with Gasteiger partial charge in [0.15, 0.2) is 6.61 Å². The van der Waals surface area contributed by atoms with Crippen molar-refractivity contribution in [2.75, 3.05) is 18.5 Å². The molecule has 1 aliphatic heterocycles. The van der Waals surface area contributed by atoms with Crippen molar-refractivity contribution in [3.8, 4) is 5.75 Å². The molecule has 0 radical (unpaired) electrons. The molecular formula is C22H20ClN3O7S3. The molecule has 14 heteroatoms. The lowest BCUT2D eigenvalue weighted by Crippen LogP contribution is -2.29. The zero-order valence-corrected chi connectivity index (χ0v) is 21.7. The number of hydrogen-bond donors (Lipinski definition) is 3. The molecule has 0 saturated carbocycles. The van der Waals surface area contributed by atoms with Gasteiger partial charge in [0.2, 0.25) is 10.0 Å². The summed E-state index contributed by atoms with van der Waals surface area (Å²) >= 11 is 12.4. The van der Waals surface area contributed by atoms with Crippen molar-refractivity contribution in [3.05, 3.63) is 58.0 Å². The summed E-state index contributed by atoms with van der Waals surface area (Å²) in [5.74, 6) is -1.54. The molecule has 0 spiro atoms. The van der Waals surface area contributed by atoms with Crippen molar-refractivity contribution in [3.63, 3.8) is 0 Å². The summed E-state index contributed by atoms with van der Waals surface area (Å²) in [6, 6.07) is 10.00. The van der Waals surface area contributed by atoms with Gasteiger partial charge in [0.1, 0.15) is 10.1 Å². The maximum absolute atomic E-state index is 12.8. The molecule has 1 heterocycles. The summed E-state index contributed by atoms with van der Waals surface area (Å²) in [6.07, 6.45) is 1.72. The van der Waals surface area contributed by atoms with E-state index in [2.05, 4.69) is 5.32 Å². The van der Waals surface area contributed by atoms with E-state index in [-0.39, 0.29) is 42.5 Å². The molecule has 1 saturated heterocycles. The molecule has 0 unspecified atom stereocenters. The fourth-order valence-electron chi connectivity index (χ4n) is 3.05. The second-order valence-corrected chi connectivity index (χ2v) is 11.1. The molecule has 36 heavy (non-hydrogen) atoms. The van der Waals surface area contributed by atoms with Gasteiger partial charge in [0.05, 0.1) is 9.80 Å². The van der Waals surface area contributed by atoms with Crippen LogP contribution in [0.4, 0.5) is 5.69 Å². The summed E-state index contributed by atoms with van der Waals surface area (Å²) in [4.78, 5) is 37.4. The number of benzene rings is 2. The molecule has 10 nitrogen and oxygen atoms in total. The maximum Gasteiger partial charge on any atom is 0.303 e. The first kappa shape index (κ1) is 27.6. The number of thioether (sulfide) groups is 1. The Bertz CT molecular complexity index is 1350. The average Bonchev–Trinajstić information content (AvgIpc) is 3.05. The molecular weight excluding hydrogens is 550 g/mol. The van der Waals surface area contributed by atoms with E-state index in [9.17, 15) is 22.8 Å². The Labute approximate surface area is 221 Å². The summed E-state index contributed by atoms with van der Waals surface area (Å²) in [5, 5.41) is 16.8. The highest BCUT2D eigenvalue weighted by Gasteiger charge is 2.32. The van der Waals surface area contributed by atoms with Gasteiger partial charge >= 0.3 is 5.97 Å². The van der Waals surface area contributed by atoms with E-state index in [1.165, 1.54) is 29.2 Å². The molecule has 2 aromatic rings. The van der Waals surface area contributed by atoms with Gasteiger partial charge in [-0.1, -0.05) is 35.6 Å². The number of nitrogens with two attached hydrogens (primary N) is 1. The highest BCUT2D eigenvalue weighted by molar-refractivity contribution is 8.26. The minimum Gasteiger partial charge on any atom is -0.483 e. The van der Waals surface area contributed by atoms with Gasteiger partial charge in [0, 0.05) is 29.2 Å². The fraction of sp³-hybridized carbons (Fsp3) is 0.182. The summed E-state index contributed by atoms with van der Waals surface area (Å²) in [5.41, 5.74) is 0.790. The van der Waals surface area contributed by atoms with Gasteiger partial charge in [-0.2, -0.15) is 0 Å². The lowest BCUT2D eigenvalue weighted by molar-refractivity contribution is -0.137. The number of halogens is 1. The molecule has 0 aromatic heterocycles. The predicted molar refractivity (Wildman–Crippen MR) is 140 cm³/mol.